The standard InChI is InChI=1S/C12H18N2O3S3/c1-8-6-10(12(13)18)4-5-11(8)20(16,17)14-9(2)7-19(3)15/h4-6,9,14H,7H2,1-3H3,(H2,13,18). The molecule has 112 valence electrons. The van der Waals surface area contributed by atoms with Gasteiger partial charge in [0.1, 0.15) is 4.99 Å². The molecule has 0 aromatic heterocycles. The summed E-state index contributed by atoms with van der Waals surface area (Å²) in [5.74, 6) is 0.267. The van der Waals surface area contributed by atoms with Gasteiger partial charge >= 0.3 is 0 Å². The van der Waals surface area contributed by atoms with Crippen LogP contribution in [-0.4, -0.2) is 35.7 Å². The Hall–Kier alpha value is -0.830. The van der Waals surface area contributed by atoms with Gasteiger partial charge in [0, 0.05) is 34.4 Å². The van der Waals surface area contributed by atoms with Crippen molar-refractivity contribution in [3.05, 3.63) is 29.3 Å². The molecule has 0 heterocycles. The van der Waals surface area contributed by atoms with E-state index in [1.54, 1.807) is 26.0 Å². The van der Waals surface area contributed by atoms with Crippen LogP contribution in [-0.2, 0) is 20.8 Å². The average molecular weight is 334 g/mol. The molecule has 0 bridgehead atoms. The molecule has 1 rings (SSSR count). The molecule has 0 radical (unpaired) electrons. The Labute approximate surface area is 127 Å². The van der Waals surface area contributed by atoms with Crippen LogP contribution in [0.25, 0.3) is 0 Å². The summed E-state index contributed by atoms with van der Waals surface area (Å²) in [5.41, 5.74) is 6.70. The number of hydrogen-bond acceptors (Lipinski definition) is 4. The third kappa shape index (κ3) is 4.62. The SMILES string of the molecule is Cc1cc(C(N)=S)ccc1S(=O)(=O)NC(C)CS(C)=O. The lowest BCUT2D eigenvalue weighted by Crippen LogP contribution is -2.36. The van der Waals surface area contributed by atoms with E-state index in [1.807, 2.05) is 0 Å². The second kappa shape index (κ2) is 6.75. The van der Waals surface area contributed by atoms with Gasteiger partial charge in [0.25, 0.3) is 0 Å². The first-order valence-corrected chi connectivity index (χ1v) is 9.48. The van der Waals surface area contributed by atoms with E-state index in [2.05, 4.69) is 4.72 Å². The van der Waals surface area contributed by atoms with E-state index in [-0.39, 0.29) is 15.6 Å². The zero-order valence-corrected chi connectivity index (χ0v) is 14.0. The molecule has 0 aliphatic carbocycles. The number of thiocarbonyl (C=S) groups is 1. The molecule has 5 nitrogen and oxygen atoms in total. The second-order valence-electron chi connectivity index (χ2n) is 4.61. The van der Waals surface area contributed by atoms with Gasteiger partial charge in [0.05, 0.1) is 4.90 Å². The highest BCUT2D eigenvalue weighted by atomic mass is 32.2. The lowest BCUT2D eigenvalue weighted by Gasteiger charge is -2.15. The van der Waals surface area contributed by atoms with Gasteiger partial charge in [-0.15, -0.1) is 0 Å². The normalized spacial score (nSPS) is 14.8. The Morgan fingerprint density at radius 3 is 2.55 bits per heavy atom. The molecule has 0 aliphatic rings. The molecule has 0 spiro atoms. The summed E-state index contributed by atoms with van der Waals surface area (Å²) in [6, 6.07) is 4.29. The van der Waals surface area contributed by atoms with Crippen molar-refractivity contribution >= 4 is 38.0 Å². The maximum atomic E-state index is 12.3. The molecule has 0 aliphatic heterocycles. The first kappa shape index (κ1) is 17.2. The van der Waals surface area contributed by atoms with E-state index in [1.165, 1.54) is 12.3 Å². The summed E-state index contributed by atoms with van der Waals surface area (Å²) < 4.78 is 38.1. The van der Waals surface area contributed by atoms with Gasteiger partial charge in [0.2, 0.25) is 10.0 Å². The average Bonchev–Trinajstić information content (AvgIpc) is 2.25. The molecule has 8 heteroatoms. The highest BCUT2D eigenvalue weighted by Crippen LogP contribution is 2.17. The molecule has 0 amide bonds. The minimum Gasteiger partial charge on any atom is -0.389 e. The predicted molar refractivity (Wildman–Crippen MR) is 85.8 cm³/mol. The first-order chi connectivity index (χ1) is 9.13. The van der Waals surface area contributed by atoms with Crippen LogP contribution in [0.2, 0.25) is 0 Å². The molecule has 0 fully saturated rings. The van der Waals surface area contributed by atoms with Gasteiger partial charge in [-0.1, -0.05) is 18.3 Å². The molecule has 20 heavy (non-hydrogen) atoms. The Balaban J connectivity index is 3.04. The number of aryl methyl sites for hydroxylation is 1. The summed E-state index contributed by atoms with van der Waals surface area (Å²) in [4.78, 5) is 0.394. The smallest absolute Gasteiger partial charge is 0.241 e. The van der Waals surface area contributed by atoms with E-state index in [4.69, 9.17) is 18.0 Å². The van der Waals surface area contributed by atoms with Crippen molar-refractivity contribution < 1.29 is 12.6 Å². The Bertz CT molecular complexity index is 641. The molecular weight excluding hydrogens is 316 g/mol. The maximum Gasteiger partial charge on any atom is 0.241 e. The first-order valence-electron chi connectivity index (χ1n) is 5.86. The van der Waals surface area contributed by atoms with Gasteiger partial charge < -0.3 is 5.73 Å². The van der Waals surface area contributed by atoms with Crippen LogP contribution in [0.3, 0.4) is 0 Å². The third-order valence-corrected chi connectivity index (χ3v) is 5.54. The molecule has 2 unspecified atom stereocenters. The monoisotopic (exact) mass is 334 g/mol. The summed E-state index contributed by atoms with van der Waals surface area (Å²) in [7, 11) is -4.71. The van der Waals surface area contributed by atoms with Gasteiger partial charge in [-0.25, -0.2) is 13.1 Å². The highest BCUT2D eigenvalue weighted by molar-refractivity contribution is 7.89. The van der Waals surface area contributed by atoms with Crippen molar-refractivity contribution in [3.63, 3.8) is 0 Å². The molecule has 0 saturated heterocycles. The number of nitrogens with one attached hydrogen (secondary N) is 1. The lowest BCUT2D eigenvalue weighted by atomic mass is 10.1. The molecule has 1 aromatic rings. The fourth-order valence-electron chi connectivity index (χ4n) is 1.82. The second-order valence-corrected chi connectivity index (χ2v) is 8.21. The summed E-state index contributed by atoms with van der Waals surface area (Å²) in [6.45, 7) is 3.36. The fraction of sp³-hybridized carbons (Fsp3) is 0.417. The van der Waals surface area contributed by atoms with E-state index < -0.39 is 26.9 Å². The quantitative estimate of drug-likeness (QED) is 0.747. The highest BCUT2D eigenvalue weighted by Gasteiger charge is 2.20. The molecule has 1 aromatic carbocycles. The van der Waals surface area contributed by atoms with Gasteiger partial charge in [-0.2, -0.15) is 0 Å². The topological polar surface area (TPSA) is 89.3 Å². The van der Waals surface area contributed by atoms with Gasteiger partial charge in [0.15, 0.2) is 0 Å². The van der Waals surface area contributed by atoms with Crippen molar-refractivity contribution in [2.24, 2.45) is 5.73 Å². The maximum absolute atomic E-state index is 12.3. The van der Waals surface area contributed by atoms with Crippen molar-refractivity contribution in [1.29, 1.82) is 0 Å². The van der Waals surface area contributed by atoms with Crippen LogP contribution in [0.1, 0.15) is 18.1 Å². The largest absolute Gasteiger partial charge is 0.389 e. The van der Waals surface area contributed by atoms with Gasteiger partial charge in [-0.3, -0.25) is 4.21 Å². The minimum absolute atomic E-state index is 0.172. The summed E-state index contributed by atoms with van der Waals surface area (Å²) >= 11 is 4.85. The van der Waals surface area contributed by atoms with Crippen molar-refractivity contribution in [3.8, 4) is 0 Å². The predicted octanol–water partition coefficient (Wildman–Crippen LogP) is 0.675. The number of benzene rings is 1. The van der Waals surface area contributed by atoms with E-state index in [9.17, 15) is 12.6 Å². The van der Waals surface area contributed by atoms with Crippen LogP contribution in [0.4, 0.5) is 0 Å². The number of hydrogen-bond donors (Lipinski definition) is 2. The molecule has 3 N–H and O–H groups in total. The van der Waals surface area contributed by atoms with Crippen molar-refractivity contribution in [2.75, 3.05) is 12.0 Å². The molecule has 0 saturated carbocycles. The van der Waals surface area contributed by atoms with Crippen molar-refractivity contribution in [2.45, 2.75) is 24.8 Å². The van der Waals surface area contributed by atoms with E-state index in [0.29, 0.717) is 11.1 Å². The Kier molecular flexibility index (Phi) is 5.81. The Morgan fingerprint density at radius 2 is 2.10 bits per heavy atom. The number of sulfonamides is 1. The van der Waals surface area contributed by atoms with Crippen LogP contribution in [0.15, 0.2) is 23.1 Å². The molecular formula is C12H18N2O3S3. The molecule has 2 atom stereocenters. The fourth-order valence-corrected chi connectivity index (χ4v) is 4.31. The summed E-state index contributed by atoms with van der Waals surface area (Å²) in [6.07, 6.45) is 1.53. The minimum atomic E-state index is -3.65. The zero-order chi connectivity index (χ0) is 15.5. The van der Waals surface area contributed by atoms with E-state index in [0.717, 1.165) is 0 Å². The Morgan fingerprint density at radius 1 is 1.50 bits per heavy atom. The van der Waals surface area contributed by atoms with Crippen LogP contribution in [0.5, 0.6) is 0 Å². The number of rotatable bonds is 6. The van der Waals surface area contributed by atoms with Gasteiger partial charge in [-0.05, 0) is 31.5 Å². The van der Waals surface area contributed by atoms with Crippen LogP contribution < -0.4 is 10.5 Å². The van der Waals surface area contributed by atoms with Crippen molar-refractivity contribution in [1.82, 2.24) is 4.72 Å². The zero-order valence-electron chi connectivity index (χ0n) is 11.5. The third-order valence-electron chi connectivity index (χ3n) is 2.59. The van der Waals surface area contributed by atoms with E-state index >= 15 is 0 Å². The van der Waals surface area contributed by atoms with Crippen LogP contribution in [0, 0.1) is 6.92 Å². The van der Waals surface area contributed by atoms with Crippen LogP contribution >= 0.6 is 12.2 Å². The summed E-state index contributed by atoms with van der Waals surface area (Å²) in [5, 5.41) is 0. The lowest BCUT2D eigenvalue weighted by molar-refractivity contribution is 0.569. The number of nitrogens with two attached hydrogens (primary N) is 1.